The molecule has 0 saturated carbocycles. The predicted octanol–water partition coefficient (Wildman–Crippen LogP) is 2.94. The quantitative estimate of drug-likeness (QED) is 0.761. The molecule has 27 heavy (non-hydrogen) atoms. The highest BCUT2D eigenvalue weighted by molar-refractivity contribution is 7.89. The summed E-state index contributed by atoms with van der Waals surface area (Å²) in [6.07, 6.45) is 0.729. The van der Waals surface area contributed by atoms with Crippen LogP contribution in [0.1, 0.15) is 12.0 Å². The predicted molar refractivity (Wildman–Crippen MR) is 102 cm³/mol. The van der Waals surface area contributed by atoms with Crippen molar-refractivity contribution in [2.24, 2.45) is 0 Å². The van der Waals surface area contributed by atoms with Gasteiger partial charge in [-0.3, -0.25) is 4.79 Å². The van der Waals surface area contributed by atoms with Crippen molar-refractivity contribution in [2.45, 2.75) is 17.7 Å². The fourth-order valence-electron chi connectivity index (χ4n) is 3.04. The molecule has 1 amide bonds. The number of piperazine rings is 1. The summed E-state index contributed by atoms with van der Waals surface area (Å²) in [5.41, 5.74) is 0.771. The Balaban J connectivity index is 1.55. The molecule has 1 saturated heterocycles. The Morgan fingerprint density at radius 2 is 1.70 bits per heavy atom. The van der Waals surface area contributed by atoms with Gasteiger partial charge in [-0.1, -0.05) is 23.7 Å². The number of hydrogen-bond acceptors (Lipinski definition) is 3. The van der Waals surface area contributed by atoms with Crippen molar-refractivity contribution >= 4 is 27.5 Å². The second kappa shape index (κ2) is 8.37. The summed E-state index contributed by atoms with van der Waals surface area (Å²) in [7, 11) is -3.59. The minimum Gasteiger partial charge on any atom is -0.340 e. The summed E-state index contributed by atoms with van der Waals surface area (Å²) in [5, 5.41) is 0.475. The average molecular weight is 411 g/mol. The van der Waals surface area contributed by atoms with Crippen LogP contribution in [0.15, 0.2) is 53.4 Å². The molecule has 1 aliphatic rings. The molecule has 0 unspecified atom stereocenters. The maximum Gasteiger partial charge on any atom is 0.243 e. The lowest BCUT2D eigenvalue weighted by Crippen LogP contribution is -2.50. The van der Waals surface area contributed by atoms with Gasteiger partial charge in [0, 0.05) is 37.6 Å². The first kappa shape index (κ1) is 19.8. The molecule has 0 atom stereocenters. The fourth-order valence-corrected chi connectivity index (χ4v) is 4.58. The van der Waals surface area contributed by atoms with Crippen LogP contribution in [0.2, 0.25) is 5.02 Å². The van der Waals surface area contributed by atoms with Crippen LogP contribution in [0.25, 0.3) is 0 Å². The lowest BCUT2D eigenvalue weighted by Gasteiger charge is -2.34. The van der Waals surface area contributed by atoms with E-state index < -0.39 is 10.0 Å². The third kappa shape index (κ3) is 4.86. The standard InChI is InChI=1S/C19H20ClFN2O3S/c20-16-5-7-18(8-6-16)27(25,26)23-12-10-22(11-13-23)19(24)9-4-15-2-1-3-17(21)14-15/h1-3,5-8,14H,4,9-13H2. The van der Waals surface area contributed by atoms with Crippen LogP contribution in [0.3, 0.4) is 0 Å². The number of nitrogens with zero attached hydrogens (tertiary/aromatic N) is 2. The molecular weight excluding hydrogens is 391 g/mol. The normalized spacial score (nSPS) is 15.7. The zero-order valence-corrected chi connectivity index (χ0v) is 16.2. The lowest BCUT2D eigenvalue weighted by atomic mass is 10.1. The van der Waals surface area contributed by atoms with Crippen molar-refractivity contribution in [2.75, 3.05) is 26.2 Å². The van der Waals surface area contributed by atoms with Gasteiger partial charge in [0.1, 0.15) is 5.82 Å². The van der Waals surface area contributed by atoms with Gasteiger partial charge < -0.3 is 4.90 Å². The SMILES string of the molecule is O=C(CCc1cccc(F)c1)N1CCN(S(=O)(=O)c2ccc(Cl)cc2)CC1. The van der Waals surface area contributed by atoms with Gasteiger partial charge in [0.05, 0.1) is 4.90 Å². The Morgan fingerprint density at radius 1 is 1.04 bits per heavy atom. The first-order valence-corrected chi connectivity index (χ1v) is 10.5. The van der Waals surface area contributed by atoms with E-state index in [1.54, 1.807) is 29.2 Å². The summed E-state index contributed by atoms with van der Waals surface area (Å²) in [4.78, 5) is 14.2. The number of sulfonamides is 1. The molecule has 2 aromatic carbocycles. The van der Waals surface area contributed by atoms with Gasteiger partial charge in [-0.25, -0.2) is 12.8 Å². The van der Waals surface area contributed by atoms with Crippen LogP contribution in [0, 0.1) is 5.82 Å². The number of carbonyl (C=O) groups excluding carboxylic acids is 1. The maximum absolute atomic E-state index is 13.2. The van der Waals surface area contributed by atoms with E-state index in [0.29, 0.717) is 24.5 Å². The third-order valence-electron chi connectivity index (χ3n) is 4.56. The van der Waals surface area contributed by atoms with E-state index in [2.05, 4.69) is 0 Å². The number of hydrogen-bond donors (Lipinski definition) is 0. The number of amides is 1. The monoisotopic (exact) mass is 410 g/mol. The number of carbonyl (C=O) groups is 1. The van der Waals surface area contributed by atoms with Gasteiger partial charge in [0.25, 0.3) is 0 Å². The summed E-state index contributed by atoms with van der Waals surface area (Å²) >= 11 is 5.81. The molecule has 0 spiro atoms. The molecule has 0 N–H and O–H groups in total. The number of rotatable bonds is 5. The zero-order chi connectivity index (χ0) is 19.4. The topological polar surface area (TPSA) is 57.7 Å². The molecule has 5 nitrogen and oxygen atoms in total. The highest BCUT2D eigenvalue weighted by Crippen LogP contribution is 2.20. The van der Waals surface area contributed by atoms with Crippen molar-refractivity contribution in [3.63, 3.8) is 0 Å². The first-order valence-electron chi connectivity index (χ1n) is 8.64. The molecule has 1 heterocycles. The van der Waals surface area contributed by atoms with Gasteiger partial charge in [-0.2, -0.15) is 4.31 Å². The van der Waals surface area contributed by atoms with E-state index in [9.17, 15) is 17.6 Å². The van der Waals surface area contributed by atoms with E-state index in [1.165, 1.54) is 28.6 Å². The lowest BCUT2D eigenvalue weighted by molar-refractivity contribution is -0.132. The second-order valence-electron chi connectivity index (χ2n) is 6.37. The largest absolute Gasteiger partial charge is 0.340 e. The van der Waals surface area contributed by atoms with Crippen LogP contribution in [-0.2, 0) is 21.2 Å². The van der Waals surface area contributed by atoms with Crippen molar-refractivity contribution in [3.05, 3.63) is 64.9 Å². The third-order valence-corrected chi connectivity index (χ3v) is 6.72. The molecule has 0 aliphatic carbocycles. The molecule has 3 rings (SSSR count). The average Bonchev–Trinajstić information content (AvgIpc) is 2.66. The van der Waals surface area contributed by atoms with Gasteiger partial charge in [0.2, 0.25) is 15.9 Å². The summed E-state index contributed by atoms with van der Waals surface area (Å²) < 4.78 is 39.9. The van der Waals surface area contributed by atoms with Gasteiger partial charge in [-0.15, -0.1) is 0 Å². The Labute approximate surface area is 163 Å². The van der Waals surface area contributed by atoms with E-state index in [4.69, 9.17) is 11.6 Å². The molecule has 0 bridgehead atoms. The van der Waals surface area contributed by atoms with E-state index in [-0.39, 0.29) is 36.1 Å². The molecular formula is C19H20ClFN2O3S. The summed E-state index contributed by atoms with van der Waals surface area (Å²) in [6, 6.07) is 12.2. The van der Waals surface area contributed by atoms with Crippen LogP contribution in [0.5, 0.6) is 0 Å². The Morgan fingerprint density at radius 3 is 2.33 bits per heavy atom. The van der Waals surface area contributed by atoms with Gasteiger partial charge in [0.15, 0.2) is 0 Å². The Hall–Kier alpha value is -1.96. The highest BCUT2D eigenvalue weighted by Gasteiger charge is 2.29. The minimum atomic E-state index is -3.59. The number of benzene rings is 2. The van der Waals surface area contributed by atoms with Crippen molar-refractivity contribution < 1.29 is 17.6 Å². The first-order chi connectivity index (χ1) is 12.9. The summed E-state index contributed by atoms with van der Waals surface area (Å²) in [5.74, 6) is -0.372. The highest BCUT2D eigenvalue weighted by atomic mass is 35.5. The minimum absolute atomic E-state index is 0.0530. The van der Waals surface area contributed by atoms with Gasteiger partial charge in [-0.05, 0) is 48.4 Å². The molecule has 2 aromatic rings. The molecule has 0 aromatic heterocycles. The van der Waals surface area contributed by atoms with Crippen LogP contribution in [-0.4, -0.2) is 49.7 Å². The second-order valence-corrected chi connectivity index (χ2v) is 8.74. The maximum atomic E-state index is 13.2. The molecule has 8 heteroatoms. The molecule has 1 aliphatic heterocycles. The molecule has 1 fully saturated rings. The smallest absolute Gasteiger partial charge is 0.243 e. The summed E-state index contributed by atoms with van der Waals surface area (Å²) in [6.45, 7) is 1.18. The van der Waals surface area contributed by atoms with E-state index >= 15 is 0 Å². The number of halogens is 2. The van der Waals surface area contributed by atoms with Crippen LogP contribution >= 0.6 is 11.6 Å². The Kier molecular flexibility index (Phi) is 6.14. The fraction of sp³-hybridized carbons (Fsp3) is 0.316. The molecule has 144 valence electrons. The van der Waals surface area contributed by atoms with Crippen LogP contribution in [0.4, 0.5) is 4.39 Å². The van der Waals surface area contributed by atoms with Crippen LogP contribution < -0.4 is 0 Å². The number of aryl methyl sites for hydroxylation is 1. The van der Waals surface area contributed by atoms with Crippen molar-refractivity contribution in [1.29, 1.82) is 0 Å². The molecule has 0 radical (unpaired) electrons. The Bertz CT molecular complexity index is 911. The van der Waals surface area contributed by atoms with E-state index in [0.717, 1.165) is 5.56 Å². The zero-order valence-electron chi connectivity index (χ0n) is 14.6. The van der Waals surface area contributed by atoms with Gasteiger partial charge >= 0.3 is 0 Å². The van der Waals surface area contributed by atoms with Crippen molar-refractivity contribution in [1.82, 2.24) is 9.21 Å². The van der Waals surface area contributed by atoms with Crippen molar-refractivity contribution in [3.8, 4) is 0 Å². The van der Waals surface area contributed by atoms with E-state index in [1.807, 2.05) is 0 Å².